The van der Waals surface area contributed by atoms with E-state index in [0.29, 0.717) is 82.3 Å². The number of pyridine rings is 1. The highest BCUT2D eigenvalue weighted by Crippen LogP contribution is 2.36. The van der Waals surface area contributed by atoms with Crippen LogP contribution in [0.4, 0.5) is 5.95 Å². The van der Waals surface area contributed by atoms with E-state index in [1.165, 1.54) is 6.20 Å². The van der Waals surface area contributed by atoms with Crippen molar-refractivity contribution in [1.82, 2.24) is 53.9 Å². The number of benzene rings is 1. The number of nitrogens with zero attached hydrogens (tertiary/aromatic N) is 10. The molecule has 0 radical (unpaired) electrons. The Bertz CT molecular complexity index is 2700. The summed E-state index contributed by atoms with van der Waals surface area (Å²) in [7, 11) is 1.87. The zero-order valence-electron chi connectivity index (χ0n) is 32.4. The highest BCUT2D eigenvalue weighted by molar-refractivity contribution is 6.12. The van der Waals surface area contributed by atoms with Gasteiger partial charge in [0.2, 0.25) is 17.8 Å². The predicted molar refractivity (Wildman–Crippen MR) is 215 cm³/mol. The Hall–Kier alpha value is -6.95. The number of allylic oxidation sites excluding steroid dienone is 2. The zero-order valence-corrected chi connectivity index (χ0v) is 32.4. The molecule has 0 saturated heterocycles. The number of aryl methyl sites for hydroxylation is 4. The topological polar surface area (TPSA) is 234 Å². The Morgan fingerprint density at radius 1 is 0.807 bits per heavy atom. The lowest BCUT2D eigenvalue weighted by molar-refractivity contribution is 0.0991. The standard InChI is InChI=1S/C39H44N14O4/c1-6-52-29(15-22(3)48-52)35-43-21-27-26-17-24(33(40)54)19-31(57-14-10-11-42-5)32(26)50(36(27)46-35)12-8-9-13-51-37-28(18-25(20-44-37)34(41)55)45-39(51)47-38(56)30-16-23(4)49-53(30)7-2/h8-9,15-21,42H,6-7,10-14H2,1-5H3,(H2,40,54)(H2,41,55)(H,45,47,56). The third kappa shape index (κ3) is 7.53. The fourth-order valence-corrected chi connectivity index (χ4v) is 6.83. The molecule has 294 valence electrons. The van der Waals surface area contributed by atoms with Crippen molar-refractivity contribution in [2.24, 2.45) is 11.5 Å². The maximum absolute atomic E-state index is 13.5. The molecule has 0 unspecified atom stereocenters. The Balaban J connectivity index is 1.31. The number of nitrogens with two attached hydrogens (primary N) is 2. The van der Waals surface area contributed by atoms with Crippen LogP contribution in [0.25, 0.3) is 44.6 Å². The summed E-state index contributed by atoms with van der Waals surface area (Å²) >= 11 is 0. The summed E-state index contributed by atoms with van der Waals surface area (Å²) in [6.45, 7) is 10.5. The lowest BCUT2D eigenvalue weighted by atomic mass is 10.1. The van der Waals surface area contributed by atoms with Gasteiger partial charge in [0, 0.05) is 54.9 Å². The summed E-state index contributed by atoms with van der Waals surface area (Å²) in [4.78, 5) is 57.0. The maximum Gasteiger partial charge on any atom is 0.276 e. The highest BCUT2D eigenvalue weighted by atomic mass is 16.5. The summed E-state index contributed by atoms with van der Waals surface area (Å²) in [6, 6.07) is 8.60. The first-order valence-corrected chi connectivity index (χ1v) is 18.6. The van der Waals surface area contributed by atoms with Gasteiger partial charge >= 0.3 is 0 Å². The van der Waals surface area contributed by atoms with Gasteiger partial charge in [-0.1, -0.05) is 12.2 Å². The minimum atomic E-state index is -0.646. The number of hydrogen-bond acceptors (Lipinski definition) is 11. The lowest BCUT2D eigenvalue weighted by Gasteiger charge is -2.12. The Morgan fingerprint density at radius 3 is 2.25 bits per heavy atom. The van der Waals surface area contributed by atoms with Crippen molar-refractivity contribution >= 4 is 56.8 Å². The molecule has 0 aliphatic rings. The lowest BCUT2D eigenvalue weighted by Crippen LogP contribution is -2.20. The van der Waals surface area contributed by atoms with Gasteiger partial charge in [-0.15, -0.1) is 0 Å². The van der Waals surface area contributed by atoms with Crippen LogP contribution < -0.4 is 26.8 Å². The van der Waals surface area contributed by atoms with Gasteiger partial charge in [-0.2, -0.15) is 10.2 Å². The minimum Gasteiger partial charge on any atom is -0.491 e. The number of primary amides is 2. The molecule has 0 aliphatic heterocycles. The molecular formula is C39H44N14O4. The van der Waals surface area contributed by atoms with E-state index in [1.54, 1.807) is 39.7 Å². The largest absolute Gasteiger partial charge is 0.491 e. The molecule has 7 aromatic rings. The van der Waals surface area contributed by atoms with E-state index >= 15 is 0 Å². The SMILES string of the molecule is CCn1nc(C)cc1C(=O)Nc1nc2cc(C(N)=O)cnc2n1CC=CCn1c2nc(-c3cc(C)nn3CC)ncc2c2cc(C(N)=O)cc(OCCCNC)c21. The molecule has 3 amide bonds. The van der Waals surface area contributed by atoms with Crippen LogP contribution in [0, 0.1) is 13.8 Å². The summed E-state index contributed by atoms with van der Waals surface area (Å²) in [5.74, 6) is -0.418. The van der Waals surface area contributed by atoms with E-state index in [2.05, 4.69) is 30.8 Å². The number of nitrogens with one attached hydrogen (secondary N) is 2. The number of fused-ring (bicyclic) bond motifs is 4. The molecule has 6 aromatic heterocycles. The van der Waals surface area contributed by atoms with Crippen LogP contribution in [0.2, 0.25) is 0 Å². The molecule has 0 bridgehead atoms. The fourth-order valence-electron chi connectivity index (χ4n) is 6.83. The van der Waals surface area contributed by atoms with Crippen LogP contribution in [-0.4, -0.2) is 86.6 Å². The van der Waals surface area contributed by atoms with E-state index < -0.39 is 17.7 Å². The quantitative estimate of drug-likeness (QED) is 0.0816. The monoisotopic (exact) mass is 772 g/mol. The molecule has 57 heavy (non-hydrogen) atoms. The van der Waals surface area contributed by atoms with Crippen molar-refractivity contribution in [3.05, 3.63) is 83.1 Å². The number of carbonyl (C=O) groups is 3. The van der Waals surface area contributed by atoms with Gasteiger partial charge in [-0.05, 0) is 78.0 Å². The molecule has 0 aliphatic carbocycles. The molecule has 7 rings (SSSR count). The van der Waals surface area contributed by atoms with Crippen molar-refractivity contribution in [3.8, 4) is 17.3 Å². The molecule has 0 spiro atoms. The van der Waals surface area contributed by atoms with E-state index in [9.17, 15) is 14.4 Å². The summed E-state index contributed by atoms with van der Waals surface area (Å²) in [6.07, 6.45) is 7.74. The first-order chi connectivity index (χ1) is 27.5. The molecule has 6 N–H and O–H groups in total. The third-order valence-electron chi connectivity index (χ3n) is 9.48. The number of rotatable bonds is 16. The van der Waals surface area contributed by atoms with Crippen molar-refractivity contribution < 1.29 is 19.1 Å². The number of aromatic nitrogens is 10. The predicted octanol–water partition coefficient (Wildman–Crippen LogP) is 3.74. The minimum absolute atomic E-state index is 0.189. The number of amides is 3. The maximum atomic E-state index is 13.5. The number of imidazole rings is 1. The van der Waals surface area contributed by atoms with Crippen LogP contribution in [0.15, 0.2) is 54.9 Å². The zero-order chi connectivity index (χ0) is 40.4. The van der Waals surface area contributed by atoms with Crippen molar-refractivity contribution in [2.45, 2.75) is 60.3 Å². The van der Waals surface area contributed by atoms with Gasteiger partial charge < -0.3 is 26.1 Å². The number of hydrogen-bond donors (Lipinski definition) is 4. The van der Waals surface area contributed by atoms with Gasteiger partial charge in [0.05, 0.1) is 29.1 Å². The van der Waals surface area contributed by atoms with Crippen LogP contribution in [0.1, 0.15) is 62.9 Å². The molecule has 18 heteroatoms. The summed E-state index contributed by atoms with van der Waals surface area (Å²) in [5, 5.41) is 16.5. The second-order valence-electron chi connectivity index (χ2n) is 13.5. The number of anilines is 1. The first kappa shape index (κ1) is 38.3. The Morgan fingerprint density at radius 2 is 1.53 bits per heavy atom. The van der Waals surface area contributed by atoms with Gasteiger partial charge in [-0.3, -0.25) is 33.6 Å². The average molecular weight is 773 g/mol. The molecule has 1 aromatic carbocycles. The fraction of sp³-hybridized carbons (Fsp3) is 0.308. The van der Waals surface area contributed by atoms with Crippen LogP contribution in [0.3, 0.4) is 0 Å². The normalized spacial score (nSPS) is 11.7. The van der Waals surface area contributed by atoms with E-state index in [1.807, 2.05) is 62.2 Å². The van der Waals surface area contributed by atoms with Crippen LogP contribution >= 0.6 is 0 Å². The Labute approximate surface area is 326 Å². The molecular weight excluding hydrogens is 729 g/mol. The highest BCUT2D eigenvalue weighted by Gasteiger charge is 2.22. The first-order valence-electron chi connectivity index (χ1n) is 18.6. The molecule has 0 atom stereocenters. The average Bonchev–Trinajstić information content (AvgIpc) is 3.95. The molecule has 0 saturated carbocycles. The smallest absolute Gasteiger partial charge is 0.276 e. The van der Waals surface area contributed by atoms with Gasteiger partial charge in [0.1, 0.15) is 28.3 Å². The summed E-state index contributed by atoms with van der Waals surface area (Å²) < 4.78 is 13.6. The van der Waals surface area contributed by atoms with Crippen LogP contribution in [-0.2, 0) is 26.2 Å². The van der Waals surface area contributed by atoms with E-state index in [-0.39, 0.29) is 18.1 Å². The van der Waals surface area contributed by atoms with E-state index in [0.717, 1.165) is 29.9 Å². The summed E-state index contributed by atoms with van der Waals surface area (Å²) in [5.41, 5.74) is 16.7. The third-order valence-corrected chi connectivity index (χ3v) is 9.48. The van der Waals surface area contributed by atoms with Gasteiger partial charge in [0.15, 0.2) is 11.5 Å². The van der Waals surface area contributed by atoms with Gasteiger partial charge in [0.25, 0.3) is 5.91 Å². The second kappa shape index (κ2) is 16.0. The molecule has 18 nitrogen and oxygen atoms in total. The van der Waals surface area contributed by atoms with Crippen LogP contribution in [0.5, 0.6) is 5.75 Å². The van der Waals surface area contributed by atoms with Crippen molar-refractivity contribution in [2.75, 3.05) is 25.5 Å². The van der Waals surface area contributed by atoms with Crippen molar-refractivity contribution in [3.63, 3.8) is 0 Å². The number of carbonyl (C=O) groups excluding carboxylic acids is 3. The molecule has 6 heterocycles. The molecule has 0 fully saturated rings. The second-order valence-corrected chi connectivity index (χ2v) is 13.5. The Kier molecular flexibility index (Phi) is 10.8. The van der Waals surface area contributed by atoms with E-state index in [4.69, 9.17) is 26.2 Å². The number of ether oxygens (including phenoxy) is 1. The van der Waals surface area contributed by atoms with Gasteiger partial charge in [-0.25, -0.2) is 19.9 Å². The van der Waals surface area contributed by atoms with Crippen molar-refractivity contribution in [1.29, 1.82) is 0 Å².